The molecule has 1 unspecified atom stereocenters. The van der Waals surface area contributed by atoms with Gasteiger partial charge in [-0.25, -0.2) is 4.98 Å². The van der Waals surface area contributed by atoms with E-state index in [1.165, 1.54) is 39.9 Å². The number of thiophene rings is 1. The highest BCUT2D eigenvalue weighted by atomic mass is 32.1. The van der Waals surface area contributed by atoms with Crippen molar-refractivity contribution in [3.63, 3.8) is 0 Å². The van der Waals surface area contributed by atoms with Crippen LogP contribution in [0.2, 0.25) is 0 Å². The number of aryl methyl sites for hydroxylation is 1. The van der Waals surface area contributed by atoms with E-state index < -0.39 is 6.04 Å². The molecule has 1 amide bonds. The van der Waals surface area contributed by atoms with E-state index >= 15 is 0 Å². The Labute approximate surface area is 177 Å². The maximum atomic E-state index is 13.3. The van der Waals surface area contributed by atoms with Gasteiger partial charge in [-0.15, -0.1) is 11.3 Å². The standard InChI is InChI=1S/C23H21N3O3S/c1-3-15-4-6-16(7-5-15)19-12-30-22-20(19)23(29)26(13-24-22)14(2)21(28)25-17-8-10-18(27)11-9-17/h4-14,27H,3H2,1-2H3,(H,25,28). The van der Waals surface area contributed by atoms with Gasteiger partial charge in [-0.1, -0.05) is 31.2 Å². The maximum Gasteiger partial charge on any atom is 0.263 e. The molecule has 152 valence electrons. The summed E-state index contributed by atoms with van der Waals surface area (Å²) in [4.78, 5) is 31.0. The number of benzene rings is 2. The molecule has 4 rings (SSSR count). The Morgan fingerprint density at radius 3 is 2.53 bits per heavy atom. The zero-order valence-electron chi connectivity index (χ0n) is 16.6. The average Bonchev–Trinajstić information content (AvgIpc) is 3.20. The van der Waals surface area contributed by atoms with Gasteiger partial charge < -0.3 is 10.4 Å². The molecule has 2 aromatic heterocycles. The number of anilines is 1. The number of nitrogens with one attached hydrogen (secondary N) is 1. The minimum atomic E-state index is -0.751. The van der Waals surface area contributed by atoms with E-state index in [0.29, 0.717) is 15.9 Å². The third-order valence-electron chi connectivity index (χ3n) is 5.12. The summed E-state index contributed by atoms with van der Waals surface area (Å²) >= 11 is 1.42. The van der Waals surface area contributed by atoms with E-state index in [-0.39, 0.29) is 17.2 Å². The molecule has 0 spiro atoms. The van der Waals surface area contributed by atoms with Gasteiger partial charge in [0.1, 0.15) is 16.6 Å². The molecule has 4 aromatic rings. The summed E-state index contributed by atoms with van der Waals surface area (Å²) in [5.74, 6) is -0.225. The Kier molecular flexibility index (Phi) is 5.37. The van der Waals surface area contributed by atoms with Crippen LogP contribution in [0, 0.1) is 0 Å². The molecular formula is C23H21N3O3S. The number of hydrogen-bond donors (Lipinski definition) is 2. The smallest absolute Gasteiger partial charge is 0.263 e. The van der Waals surface area contributed by atoms with Crippen molar-refractivity contribution in [3.05, 3.63) is 76.2 Å². The van der Waals surface area contributed by atoms with Gasteiger partial charge in [0.25, 0.3) is 5.56 Å². The Balaban J connectivity index is 1.69. The molecule has 7 heteroatoms. The summed E-state index contributed by atoms with van der Waals surface area (Å²) in [5.41, 5.74) is 3.31. The van der Waals surface area contributed by atoms with E-state index in [1.807, 2.05) is 17.5 Å². The van der Waals surface area contributed by atoms with Crippen molar-refractivity contribution in [2.45, 2.75) is 26.3 Å². The van der Waals surface area contributed by atoms with Crippen molar-refractivity contribution >= 4 is 33.1 Å². The summed E-state index contributed by atoms with van der Waals surface area (Å²) in [6.45, 7) is 3.76. The van der Waals surface area contributed by atoms with Gasteiger partial charge in [-0.2, -0.15) is 0 Å². The average molecular weight is 420 g/mol. The molecule has 2 heterocycles. The molecule has 1 atom stereocenters. The Morgan fingerprint density at radius 2 is 1.87 bits per heavy atom. The van der Waals surface area contributed by atoms with Crippen molar-refractivity contribution in [3.8, 4) is 16.9 Å². The molecule has 6 nitrogen and oxygen atoms in total. The van der Waals surface area contributed by atoms with Crippen LogP contribution in [0.4, 0.5) is 5.69 Å². The third kappa shape index (κ3) is 3.71. The quantitative estimate of drug-likeness (QED) is 0.463. The first-order chi connectivity index (χ1) is 14.5. The molecule has 0 saturated heterocycles. The van der Waals surface area contributed by atoms with Crippen LogP contribution in [0.15, 0.2) is 65.0 Å². The van der Waals surface area contributed by atoms with Gasteiger partial charge >= 0.3 is 0 Å². The second-order valence-corrected chi connectivity index (χ2v) is 7.91. The van der Waals surface area contributed by atoms with Crippen molar-refractivity contribution in [1.82, 2.24) is 9.55 Å². The largest absolute Gasteiger partial charge is 0.508 e. The number of phenolic OH excluding ortho intramolecular Hbond substituents is 1. The number of hydrogen-bond acceptors (Lipinski definition) is 5. The number of nitrogens with zero attached hydrogens (tertiary/aromatic N) is 2. The molecule has 0 bridgehead atoms. The summed E-state index contributed by atoms with van der Waals surface area (Å²) in [5, 5.41) is 14.6. The number of aromatic nitrogens is 2. The SMILES string of the molecule is CCc1ccc(-c2csc3ncn(C(C)C(=O)Nc4ccc(O)cc4)c(=O)c23)cc1. The number of rotatable bonds is 5. The molecule has 0 saturated carbocycles. The first-order valence-corrected chi connectivity index (χ1v) is 10.5. The molecule has 0 aliphatic carbocycles. The first-order valence-electron chi connectivity index (χ1n) is 9.65. The summed E-state index contributed by atoms with van der Waals surface area (Å²) < 4.78 is 1.36. The van der Waals surface area contributed by atoms with Gasteiger partial charge in [-0.3, -0.25) is 14.2 Å². The highest BCUT2D eigenvalue weighted by Crippen LogP contribution is 2.31. The summed E-state index contributed by atoms with van der Waals surface area (Å²) in [6.07, 6.45) is 2.37. The van der Waals surface area contributed by atoms with Crippen LogP contribution in [0.3, 0.4) is 0 Å². The number of fused-ring (bicyclic) bond motifs is 1. The van der Waals surface area contributed by atoms with Crippen LogP contribution in [-0.2, 0) is 11.2 Å². The van der Waals surface area contributed by atoms with Crippen LogP contribution >= 0.6 is 11.3 Å². The van der Waals surface area contributed by atoms with Crippen molar-refractivity contribution in [2.24, 2.45) is 0 Å². The molecule has 30 heavy (non-hydrogen) atoms. The fourth-order valence-electron chi connectivity index (χ4n) is 3.27. The van der Waals surface area contributed by atoms with Crippen LogP contribution in [0.5, 0.6) is 5.75 Å². The monoisotopic (exact) mass is 419 g/mol. The third-order valence-corrected chi connectivity index (χ3v) is 6.01. The van der Waals surface area contributed by atoms with Gasteiger partial charge in [0.15, 0.2) is 0 Å². The van der Waals surface area contributed by atoms with E-state index in [9.17, 15) is 14.7 Å². The van der Waals surface area contributed by atoms with Gasteiger partial charge in [0, 0.05) is 16.6 Å². The number of carbonyl (C=O) groups is 1. The second-order valence-electron chi connectivity index (χ2n) is 7.05. The topological polar surface area (TPSA) is 84.2 Å². The van der Waals surface area contributed by atoms with E-state index in [2.05, 4.69) is 29.4 Å². The molecular weight excluding hydrogens is 398 g/mol. The molecule has 2 N–H and O–H groups in total. The van der Waals surface area contributed by atoms with E-state index in [0.717, 1.165) is 17.5 Å². The fourth-order valence-corrected chi connectivity index (χ4v) is 4.18. The molecule has 0 aliphatic heterocycles. The highest BCUT2D eigenvalue weighted by Gasteiger charge is 2.20. The van der Waals surface area contributed by atoms with Gasteiger partial charge in [-0.05, 0) is 48.7 Å². The van der Waals surface area contributed by atoms with Crippen LogP contribution in [-0.4, -0.2) is 20.6 Å². The lowest BCUT2D eigenvalue weighted by atomic mass is 10.0. The van der Waals surface area contributed by atoms with Crippen molar-refractivity contribution in [1.29, 1.82) is 0 Å². The Hall–Kier alpha value is -3.45. The summed E-state index contributed by atoms with van der Waals surface area (Å²) in [6, 6.07) is 13.6. The number of amides is 1. The second kappa shape index (κ2) is 8.12. The van der Waals surface area contributed by atoms with Gasteiger partial charge in [0.05, 0.1) is 11.7 Å². The molecule has 0 fully saturated rings. The zero-order valence-corrected chi connectivity index (χ0v) is 17.4. The number of carbonyl (C=O) groups excluding carboxylic acids is 1. The minimum absolute atomic E-state index is 0.115. The minimum Gasteiger partial charge on any atom is -0.508 e. The van der Waals surface area contributed by atoms with Crippen LogP contribution in [0.1, 0.15) is 25.5 Å². The predicted octanol–water partition coefficient (Wildman–Crippen LogP) is 4.59. The highest BCUT2D eigenvalue weighted by molar-refractivity contribution is 7.17. The lowest BCUT2D eigenvalue weighted by molar-refractivity contribution is -0.118. The normalized spacial score (nSPS) is 12.1. The Morgan fingerprint density at radius 1 is 1.17 bits per heavy atom. The lowest BCUT2D eigenvalue weighted by Crippen LogP contribution is -2.31. The number of aromatic hydroxyl groups is 1. The Bertz CT molecular complexity index is 1260. The molecule has 0 aliphatic rings. The molecule has 0 radical (unpaired) electrons. The lowest BCUT2D eigenvalue weighted by Gasteiger charge is -2.15. The summed E-state index contributed by atoms with van der Waals surface area (Å²) in [7, 11) is 0. The van der Waals surface area contributed by atoms with Crippen LogP contribution < -0.4 is 10.9 Å². The van der Waals surface area contributed by atoms with Crippen molar-refractivity contribution in [2.75, 3.05) is 5.32 Å². The number of phenols is 1. The molecule has 2 aromatic carbocycles. The van der Waals surface area contributed by atoms with Crippen molar-refractivity contribution < 1.29 is 9.90 Å². The van der Waals surface area contributed by atoms with E-state index in [1.54, 1.807) is 19.1 Å². The van der Waals surface area contributed by atoms with Crippen LogP contribution in [0.25, 0.3) is 21.3 Å². The predicted molar refractivity (Wildman–Crippen MR) is 120 cm³/mol. The fraction of sp³-hybridized carbons (Fsp3) is 0.174. The van der Waals surface area contributed by atoms with E-state index in [4.69, 9.17) is 0 Å². The maximum absolute atomic E-state index is 13.3. The van der Waals surface area contributed by atoms with Gasteiger partial charge in [0.2, 0.25) is 5.91 Å². The zero-order chi connectivity index (χ0) is 21.3. The first kappa shape index (κ1) is 19.8.